The van der Waals surface area contributed by atoms with Crippen molar-refractivity contribution in [2.45, 2.75) is 27.2 Å². The summed E-state index contributed by atoms with van der Waals surface area (Å²) in [5.74, 6) is -0.353. The highest BCUT2D eigenvalue weighted by atomic mass is 16.5. The quantitative estimate of drug-likeness (QED) is 0.581. The van der Waals surface area contributed by atoms with Crippen LogP contribution in [0.25, 0.3) is 6.08 Å². The van der Waals surface area contributed by atoms with Gasteiger partial charge in [0.2, 0.25) is 0 Å². The Hall–Kier alpha value is -3.61. The number of benzene rings is 2. The first-order valence-corrected chi connectivity index (χ1v) is 9.65. The monoisotopic (exact) mass is 408 g/mol. The van der Waals surface area contributed by atoms with Crippen LogP contribution in [0.2, 0.25) is 0 Å². The van der Waals surface area contributed by atoms with Crippen LogP contribution in [0.5, 0.6) is 11.5 Å². The molecule has 2 aromatic carbocycles. The average Bonchev–Trinajstić information content (AvgIpc) is 2.71. The van der Waals surface area contributed by atoms with Crippen LogP contribution < -0.4 is 19.7 Å². The molecule has 1 N–H and O–H groups in total. The molecule has 0 spiro atoms. The van der Waals surface area contributed by atoms with Gasteiger partial charge in [0.25, 0.3) is 11.8 Å². The number of nitrogens with one attached hydrogen (secondary N) is 1. The van der Waals surface area contributed by atoms with E-state index in [4.69, 9.17) is 9.47 Å². The van der Waals surface area contributed by atoms with E-state index in [1.54, 1.807) is 24.3 Å². The Kier molecular flexibility index (Phi) is 6.20. The fourth-order valence-electron chi connectivity index (χ4n) is 3.20. The number of aryl methyl sites for hydroxylation is 2. The predicted molar refractivity (Wildman–Crippen MR) is 114 cm³/mol. The molecule has 1 aliphatic heterocycles. The van der Waals surface area contributed by atoms with Crippen molar-refractivity contribution in [2.24, 2.45) is 0 Å². The highest BCUT2D eigenvalue weighted by Gasteiger charge is 2.37. The van der Waals surface area contributed by atoms with E-state index < -0.39 is 17.8 Å². The molecule has 0 saturated carbocycles. The number of nitrogens with zero attached hydrogens (tertiary/aromatic N) is 1. The number of rotatable bonds is 6. The third-order valence-electron chi connectivity index (χ3n) is 4.66. The molecule has 0 aliphatic carbocycles. The van der Waals surface area contributed by atoms with Gasteiger partial charge in [-0.15, -0.1) is 0 Å². The number of methoxy groups -OCH3 is 1. The zero-order valence-electron chi connectivity index (χ0n) is 17.4. The van der Waals surface area contributed by atoms with Gasteiger partial charge in [0.05, 0.1) is 19.4 Å². The number of hydrogen-bond acceptors (Lipinski definition) is 5. The molecule has 0 aromatic heterocycles. The number of anilines is 1. The van der Waals surface area contributed by atoms with E-state index in [1.807, 2.05) is 32.9 Å². The summed E-state index contributed by atoms with van der Waals surface area (Å²) in [5.41, 5.74) is 2.63. The highest BCUT2D eigenvalue weighted by Crippen LogP contribution is 2.30. The molecule has 0 bridgehead atoms. The van der Waals surface area contributed by atoms with Gasteiger partial charge in [0, 0.05) is 0 Å². The van der Waals surface area contributed by atoms with E-state index in [2.05, 4.69) is 5.32 Å². The molecule has 1 aliphatic rings. The molecule has 1 saturated heterocycles. The summed E-state index contributed by atoms with van der Waals surface area (Å²) in [6.45, 7) is 6.28. The summed E-state index contributed by atoms with van der Waals surface area (Å²) in [6.07, 6.45) is 2.29. The van der Waals surface area contributed by atoms with E-state index in [1.165, 1.54) is 13.2 Å². The smallest absolute Gasteiger partial charge is 0.335 e. The Labute approximate surface area is 175 Å². The van der Waals surface area contributed by atoms with Gasteiger partial charge in [-0.3, -0.25) is 14.9 Å². The van der Waals surface area contributed by atoms with Crippen LogP contribution in [-0.4, -0.2) is 31.6 Å². The molecular formula is C23H24N2O5. The topological polar surface area (TPSA) is 84.9 Å². The van der Waals surface area contributed by atoms with Crippen LogP contribution in [-0.2, 0) is 9.59 Å². The lowest BCUT2D eigenvalue weighted by molar-refractivity contribution is -0.122. The summed E-state index contributed by atoms with van der Waals surface area (Å²) >= 11 is 0. The van der Waals surface area contributed by atoms with Crippen LogP contribution >= 0.6 is 0 Å². The molecule has 2 aromatic rings. The van der Waals surface area contributed by atoms with Crippen LogP contribution in [0.4, 0.5) is 10.5 Å². The fourth-order valence-corrected chi connectivity index (χ4v) is 3.20. The maximum absolute atomic E-state index is 13.1. The maximum atomic E-state index is 13.1. The zero-order chi connectivity index (χ0) is 21.8. The first-order chi connectivity index (χ1) is 14.3. The number of carbonyl (C=O) groups is 3. The van der Waals surface area contributed by atoms with Gasteiger partial charge in [0.1, 0.15) is 5.57 Å². The molecule has 30 heavy (non-hydrogen) atoms. The molecule has 0 unspecified atom stereocenters. The van der Waals surface area contributed by atoms with E-state index in [-0.39, 0.29) is 5.57 Å². The Bertz CT molecular complexity index is 1040. The van der Waals surface area contributed by atoms with Crippen molar-refractivity contribution in [1.82, 2.24) is 5.32 Å². The molecule has 0 atom stereocenters. The number of imide groups is 2. The molecule has 156 valence electrons. The molecule has 7 heteroatoms. The fraction of sp³-hybridized carbons (Fsp3) is 0.261. The molecule has 1 fully saturated rings. The third-order valence-corrected chi connectivity index (χ3v) is 4.66. The predicted octanol–water partition coefficient (Wildman–Crippen LogP) is 3.77. The number of hydrogen-bond donors (Lipinski definition) is 1. The lowest BCUT2D eigenvalue weighted by atomic mass is 10.0. The van der Waals surface area contributed by atoms with Crippen LogP contribution in [0, 0.1) is 13.8 Å². The van der Waals surface area contributed by atoms with Crippen molar-refractivity contribution >= 4 is 29.6 Å². The molecular weight excluding hydrogens is 384 g/mol. The maximum Gasteiger partial charge on any atom is 0.335 e. The highest BCUT2D eigenvalue weighted by molar-refractivity contribution is 6.39. The van der Waals surface area contributed by atoms with E-state index in [0.717, 1.165) is 22.4 Å². The summed E-state index contributed by atoms with van der Waals surface area (Å²) in [7, 11) is 1.52. The van der Waals surface area contributed by atoms with Crippen molar-refractivity contribution in [2.75, 3.05) is 18.6 Å². The minimum atomic E-state index is -0.769. The largest absolute Gasteiger partial charge is 0.493 e. The molecule has 0 radical (unpaired) electrons. The second-order valence-electron chi connectivity index (χ2n) is 7.01. The van der Waals surface area contributed by atoms with Crippen molar-refractivity contribution in [1.29, 1.82) is 0 Å². The van der Waals surface area contributed by atoms with Gasteiger partial charge in [-0.05, 0) is 55.7 Å². The van der Waals surface area contributed by atoms with Gasteiger partial charge in [-0.2, -0.15) is 0 Å². The lowest BCUT2D eigenvalue weighted by Crippen LogP contribution is -2.54. The molecule has 7 nitrogen and oxygen atoms in total. The average molecular weight is 408 g/mol. The Morgan fingerprint density at radius 2 is 1.80 bits per heavy atom. The SMILES string of the molecule is CCCOc1ccc(/C=C2\C(=O)NC(=O)N(c3ccc(C)cc3C)C2=O)cc1OC. The normalized spacial score (nSPS) is 15.4. The van der Waals surface area contributed by atoms with E-state index >= 15 is 0 Å². The standard InChI is InChI=1S/C23H24N2O5/c1-5-10-30-19-9-7-16(13-20(19)29-4)12-17-21(26)24-23(28)25(22(17)27)18-8-6-14(2)11-15(18)3/h6-9,11-13H,5,10H2,1-4H3,(H,24,26,28)/b17-12+. The lowest BCUT2D eigenvalue weighted by Gasteiger charge is -2.27. The number of amides is 4. The summed E-state index contributed by atoms with van der Waals surface area (Å²) in [6, 6.07) is 9.72. The summed E-state index contributed by atoms with van der Waals surface area (Å²) in [4.78, 5) is 38.9. The second kappa shape index (κ2) is 8.82. The van der Waals surface area contributed by atoms with Crippen LogP contribution in [0.15, 0.2) is 42.0 Å². The van der Waals surface area contributed by atoms with E-state index in [0.29, 0.717) is 29.4 Å². The van der Waals surface area contributed by atoms with Crippen molar-refractivity contribution in [3.05, 3.63) is 58.7 Å². The van der Waals surface area contributed by atoms with Crippen molar-refractivity contribution < 1.29 is 23.9 Å². The van der Waals surface area contributed by atoms with E-state index in [9.17, 15) is 14.4 Å². The summed E-state index contributed by atoms with van der Waals surface area (Å²) in [5, 5.41) is 2.24. The first kappa shape index (κ1) is 21.1. The van der Waals surface area contributed by atoms with Gasteiger partial charge in [0.15, 0.2) is 11.5 Å². The van der Waals surface area contributed by atoms with Crippen LogP contribution in [0.3, 0.4) is 0 Å². The van der Waals surface area contributed by atoms with Crippen LogP contribution in [0.1, 0.15) is 30.0 Å². The number of barbiturate groups is 1. The minimum absolute atomic E-state index is 0.140. The van der Waals surface area contributed by atoms with Gasteiger partial charge < -0.3 is 9.47 Å². The second-order valence-corrected chi connectivity index (χ2v) is 7.01. The molecule has 3 rings (SSSR count). The number of ether oxygens (including phenoxy) is 2. The Morgan fingerprint density at radius 1 is 1.03 bits per heavy atom. The van der Waals surface area contributed by atoms with Gasteiger partial charge in [-0.1, -0.05) is 30.7 Å². The zero-order valence-corrected chi connectivity index (χ0v) is 17.4. The number of carbonyl (C=O) groups excluding carboxylic acids is 3. The van der Waals surface area contributed by atoms with Gasteiger partial charge >= 0.3 is 6.03 Å². The van der Waals surface area contributed by atoms with Crippen molar-refractivity contribution in [3.8, 4) is 11.5 Å². The molecule has 1 heterocycles. The Morgan fingerprint density at radius 3 is 2.47 bits per heavy atom. The Balaban J connectivity index is 1.98. The third kappa shape index (κ3) is 4.20. The first-order valence-electron chi connectivity index (χ1n) is 9.65. The molecule has 4 amide bonds. The summed E-state index contributed by atoms with van der Waals surface area (Å²) < 4.78 is 11.0. The van der Waals surface area contributed by atoms with Crippen molar-refractivity contribution in [3.63, 3.8) is 0 Å². The minimum Gasteiger partial charge on any atom is -0.493 e. The number of urea groups is 1. The van der Waals surface area contributed by atoms with Gasteiger partial charge in [-0.25, -0.2) is 9.69 Å².